The number of nitrogens with zero attached hydrogens (tertiary/aromatic N) is 2. The van der Waals surface area contributed by atoms with Gasteiger partial charge in [0.25, 0.3) is 0 Å². The highest BCUT2D eigenvalue weighted by atomic mass is 16.7. The number of nitrogens with one attached hydrogen (secondary N) is 3. The van der Waals surface area contributed by atoms with Crippen LogP contribution in [0.15, 0.2) is 12.1 Å². The van der Waals surface area contributed by atoms with Crippen molar-refractivity contribution >= 4 is 41.5 Å². The minimum Gasteiger partial charge on any atom is -0.492 e. The highest BCUT2D eigenvalue weighted by molar-refractivity contribution is 5.87. The summed E-state index contributed by atoms with van der Waals surface area (Å²) in [6.07, 6.45) is 20.9. The Labute approximate surface area is 451 Å². The molecule has 76 heavy (non-hydrogen) atoms. The van der Waals surface area contributed by atoms with Crippen LogP contribution < -0.4 is 20.8 Å². The molecule has 0 unspecified atom stereocenters. The lowest BCUT2D eigenvalue weighted by atomic mass is 9.94. The zero-order valence-electron chi connectivity index (χ0n) is 46.9. The molecule has 2 rings (SSSR count). The lowest BCUT2D eigenvalue weighted by molar-refractivity contribution is -0.159. The lowest BCUT2D eigenvalue weighted by Gasteiger charge is -2.32. The van der Waals surface area contributed by atoms with E-state index in [2.05, 4.69) is 16.0 Å². The predicted octanol–water partition coefficient (Wildman–Crippen LogP) is 6.36. The van der Waals surface area contributed by atoms with Crippen molar-refractivity contribution in [1.29, 1.82) is 0 Å². The van der Waals surface area contributed by atoms with Crippen LogP contribution in [-0.4, -0.2) is 158 Å². The molecule has 1 atom stereocenters. The second-order valence-corrected chi connectivity index (χ2v) is 21.4. The van der Waals surface area contributed by atoms with E-state index in [4.69, 9.17) is 33.3 Å². The van der Waals surface area contributed by atoms with Crippen LogP contribution in [-0.2, 0) is 62.0 Å². The highest BCUT2D eigenvalue weighted by Crippen LogP contribution is 2.22. The van der Waals surface area contributed by atoms with Gasteiger partial charge in [0, 0.05) is 63.5 Å². The van der Waals surface area contributed by atoms with E-state index < -0.39 is 47.5 Å². The van der Waals surface area contributed by atoms with Crippen LogP contribution in [0.25, 0.3) is 0 Å². The van der Waals surface area contributed by atoms with Gasteiger partial charge in [-0.3, -0.25) is 24.0 Å². The second kappa shape index (κ2) is 39.4. The topological polar surface area (TPSA) is 269 Å². The van der Waals surface area contributed by atoms with Crippen LogP contribution in [0.3, 0.4) is 0 Å². The third kappa shape index (κ3) is 34.6. The van der Waals surface area contributed by atoms with Gasteiger partial charge < -0.3 is 64.3 Å². The number of likely N-dealkylation sites (tertiary alicyclic amines) is 1. The first-order valence-electron chi connectivity index (χ1n) is 27.9. The van der Waals surface area contributed by atoms with Crippen LogP contribution in [0.1, 0.15) is 183 Å². The summed E-state index contributed by atoms with van der Waals surface area (Å²) in [6.45, 7) is 12.6. The average Bonchev–Trinajstić information content (AvgIpc) is 3.67. The Balaban J connectivity index is 1.47. The summed E-state index contributed by atoms with van der Waals surface area (Å²) >= 11 is 0. The molecule has 0 spiro atoms. The van der Waals surface area contributed by atoms with E-state index in [1.165, 1.54) is 70.6 Å². The molecule has 1 aromatic heterocycles. The van der Waals surface area contributed by atoms with Gasteiger partial charge in [-0.05, 0) is 73.6 Å². The van der Waals surface area contributed by atoms with Gasteiger partial charge in [-0.2, -0.15) is 0 Å². The molecular weight excluding hydrogens is 987 g/mol. The zero-order chi connectivity index (χ0) is 56.0. The molecule has 4 amide bonds. The lowest BCUT2D eigenvalue weighted by Crippen LogP contribution is -2.49. The molecule has 1 aliphatic rings. The number of unbranched alkanes of at least 4 members (excludes halogenated alkanes) is 15. The third-order valence-electron chi connectivity index (χ3n) is 12.2. The molecule has 0 bridgehead atoms. The Bertz CT molecular complexity index is 1800. The summed E-state index contributed by atoms with van der Waals surface area (Å²) in [5, 5.41) is 27.2. The standard InChI is InChI=1S/C55H95N5O16/c1-54(2,3)74-50(66)24-22-20-18-16-14-12-10-8-7-9-11-13-15-17-19-21-23-47(63)59-33-29-43(30-34-59)52(68)58-44(53(69)75-55(4,5)6)25-26-45(61)56-31-35-70-37-39-72-41-46(62)57-32-36-71-38-40-73-42-51(67)76-60-48(64)27-28-49(60)65/h27-28,43-44,64-65H,7-26,29-42H2,1-6H3,(H,56,61)(H,57,62)(H,58,68)/t44-/m0/s1. The fourth-order valence-corrected chi connectivity index (χ4v) is 8.20. The molecule has 5 N–H and O–H groups in total. The largest absolute Gasteiger partial charge is 0.492 e. The summed E-state index contributed by atoms with van der Waals surface area (Å²) in [4.78, 5) is 94.3. The molecular formula is C55H95N5O16. The first kappa shape index (κ1) is 67.1. The minimum atomic E-state index is -1.02. The van der Waals surface area contributed by atoms with E-state index in [1.54, 1.807) is 20.8 Å². The zero-order valence-corrected chi connectivity index (χ0v) is 46.9. The van der Waals surface area contributed by atoms with E-state index in [0.717, 1.165) is 44.2 Å². The van der Waals surface area contributed by atoms with E-state index >= 15 is 0 Å². The number of aromatic nitrogens is 1. The van der Waals surface area contributed by atoms with Crippen molar-refractivity contribution in [3.63, 3.8) is 0 Å². The predicted molar refractivity (Wildman–Crippen MR) is 284 cm³/mol. The average molecular weight is 1080 g/mol. The smallest absolute Gasteiger partial charge is 0.358 e. The summed E-state index contributed by atoms with van der Waals surface area (Å²) in [5.41, 5.74) is -1.20. The van der Waals surface area contributed by atoms with Crippen LogP contribution >= 0.6 is 0 Å². The Kier molecular flexibility index (Phi) is 34.8. The number of esters is 2. The first-order chi connectivity index (χ1) is 36.2. The quantitative estimate of drug-likeness (QED) is 0.0352. The summed E-state index contributed by atoms with van der Waals surface area (Å²) in [7, 11) is 0. The number of carbonyl (C=O) groups is 7. The number of carbonyl (C=O) groups excluding carboxylic acids is 7. The van der Waals surface area contributed by atoms with E-state index in [1.807, 2.05) is 25.7 Å². The number of hydrogen-bond acceptors (Lipinski definition) is 16. The van der Waals surface area contributed by atoms with Crippen LogP contribution in [0.5, 0.6) is 11.8 Å². The van der Waals surface area contributed by atoms with E-state index in [-0.39, 0.29) is 108 Å². The molecule has 1 aliphatic heterocycles. The van der Waals surface area contributed by atoms with Crippen molar-refractivity contribution in [2.75, 3.05) is 79.0 Å². The maximum absolute atomic E-state index is 13.4. The molecule has 1 saturated heterocycles. The number of aromatic hydroxyl groups is 2. The Hall–Kier alpha value is -4.99. The van der Waals surface area contributed by atoms with Gasteiger partial charge in [0.05, 0.1) is 39.6 Å². The normalized spacial score (nSPS) is 13.5. The van der Waals surface area contributed by atoms with Gasteiger partial charge in [0.2, 0.25) is 35.4 Å². The van der Waals surface area contributed by atoms with Crippen molar-refractivity contribution in [2.45, 2.75) is 200 Å². The number of hydrogen-bond donors (Lipinski definition) is 5. The SMILES string of the molecule is CC(C)(C)OC(=O)CCCCCCCCCCCCCCCCCCC(=O)N1CCC(C(=O)N[C@@H](CCC(=O)NCCOCCOCC(=O)NCCOCCOCC(=O)On2c(O)ccc2O)C(=O)OC(C)(C)C)CC1. The molecule has 1 fully saturated rings. The molecule has 0 aliphatic carbocycles. The Morgan fingerprint density at radius 2 is 1.00 bits per heavy atom. The maximum Gasteiger partial charge on any atom is 0.358 e. The maximum atomic E-state index is 13.4. The highest BCUT2D eigenvalue weighted by Gasteiger charge is 2.32. The summed E-state index contributed by atoms with van der Waals surface area (Å²) in [6, 6.07) is 1.29. The number of rotatable bonds is 42. The monoisotopic (exact) mass is 1080 g/mol. The fraction of sp³-hybridized carbons (Fsp3) is 0.800. The molecule has 1 aromatic rings. The molecule has 2 heterocycles. The number of piperidine rings is 1. The molecule has 0 radical (unpaired) electrons. The number of amides is 4. The molecule has 21 nitrogen and oxygen atoms in total. The molecule has 436 valence electrons. The van der Waals surface area contributed by atoms with Gasteiger partial charge in [0.1, 0.15) is 30.5 Å². The van der Waals surface area contributed by atoms with Crippen molar-refractivity contribution in [3.8, 4) is 11.8 Å². The van der Waals surface area contributed by atoms with E-state index in [0.29, 0.717) is 43.5 Å². The Morgan fingerprint density at radius 1 is 0.553 bits per heavy atom. The van der Waals surface area contributed by atoms with Crippen molar-refractivity contribution in [2.24, 2.45) is 5.92 Å². The van der Waals surface area contributed by atoms with Gasteiger partial charge >= 0.3 is 17.9 Å². The van der Waals surface area contributed by atoms with Gasteiger partial charge in [-0.15, -0.1) is 4.73 Å². The molecule has 0 saturated carbocycles. The first-order valence-corrected chi connectivity index (χ1v) is 27.9. The summed E-state index contributed by atoms with van der Waals surface area (Å²) in [5.74, 6) is -3.66. The number of ether oxygens (including phenoxy) is 6. The molecule has 0 aromatic carbocycles. The Morgan fingerprint density at radius 3 is 1.50 bits per heavy atom. The molecule has 21 heteroatoms. The van der Waals surface area contributed by atoms with Gasteiger partial charge in [0.15, 0.2) is 0 Å². The van der Waals surface area contributed by atoms with Crippen molar-refractivity contribution in [1.82, 2.24) is 25.6 Å². The second-order valence-electron chi connectivity index (χ2n) is 21.4. The van der Waals surface area contributed by atoms with Gasteiger partial charge in [-0.25, -0.2) is 9.59 Å². The van der Waals surface area contributed by atoms with Gasteiger partial charge in [-0.1, -0.05) is 89.9 Å². The van der Waals surface area contributed by atoms with Crippen molar-refractivity contribution < 1.29 is 77.0 Å². The fourth-order valence-electron chi connectivity index (χ4n) is 8.20. The minimum absolute atomic E-state index is 0.0381. The van der Waals surface area contributed by atoms with Crippen LogP contribution in [0, 0.1) is 5.92 Å². The van der Waals surface area contributed by atoms with Crippen molar-refractivity contribution in [3.05, 3.63) is 12.1 Å². The third-order valence-corrected chi connectivity index (χ3v) is 12.2. The van der Waals surface area contributed by atoms with Crippen LogP contribution in [0.4, 0.5) is 0 Å². The van der Waals surface area contributed by atoms with E-state index in [9.17, 15) is 43.8 Å². The van der Waals surface area contributed by atoms with Crippen LogP contribution in [0.2, 0.25) is 0 Å². The summed E-state index contributed by atoms with van der Waals surface area (Å²) < 4.78 is 32.7.